The Bertz CT molecular complexity index is 445. The fourth-order valence-corrected chi connectivity index (χ4v) is 2.35. The van der Waals surface area contributed by atoms with Crippen LogP contribution in [0.3, 0.4) is 0 Å². The van der Waals surface area contributed by atoms with Crippen molar-refractivity contribution in [1.29, 1.82) is 0 Å². The van der Waals surface area contributed by atoms with Gasteiger partial charge in [0.1, 0.15) is 5.75 Å². The van der Waals surface area contributed by atoms with E-state index in [9.17, 15) is 4.79 Å². The summed E-state index contributed by atoms with van der Waals surface area (Å²) >= 11 is 0. The number of aryl methyl sites for hydroxylation is 1. The normalized spacial score (nSPS) is 15.3. The first-order valence-electron chi connectivity index (χ1n) is 6.78. The molecule has 1 aromatic carbocycles. The third-order valence-electron chi connectivity index (χ3n) is 3.48. The molecular formula is C15H21NO3. The van der Waals surface area contributed by atoms with Crippen LogP contribution >= 0.6 is 0 Å². The van der Waals surface area contributed by atoms with Gasteiger partial charge in [-0.1, -0.05) is 12.1 Å². The summed E-state index contributed by atoms with van der Waals surface area (Å²) in [6, 6.07) is 6.13. The molecule has 0 spiro atoms. The Morgan fingerprint density at radius 3 is 3.16 bits per heavy atom. The van der Waals surface area contributed by atoms with Gasteiger partial charge in [-0.3, -0.25) is 4.79 Å². The fourth-order valence-electron chi connectivity index (χ4n) is 2.35. The number of ether oxygens (including phenoxy) is 2. The van der Waals surface area contributed by atoms with Gasteiger partial charge in [-0.05, 0) is 42.9 Å². The highest BCUT2D eigenvalue weighted by Gasteiger charge is 2.14. The van der Waals surface area contributed by atoms with E-state index in [1.165, 1.54) is 12.7 Å². The van der Waals surface area contributed by atoms with Crippen LogP contribution in [0.4, 0.5) is 0 Å². The van der Waals surface area contributed by atoms with Crippen LogP contribution in [0.25, 0.3) is 0 Å². The highest BCUT2D eigenvalue weighted by atomic mass is 16.5. The average Bonchev–Trinajstić information content (AvgIpc) is 2.46. The van der Waals surface area contributed by atoms with Crippen molar-refractivity contribution in [3.05, 3.63) is 29.3 Å². The lowest BCUT2D eigenvalue weighted by Gasteiger charge is -2.20. The maximum atomic E-state index is 11.0. The van der Waals surface area contributed by atoms with Crippen LogP contribution < -0.4 is 10.5 Å². The molecule has 1 aliphatic heterocycles. The number of nitrogens with two attached hydrogens (primary N) is 1. The molecule has 0 aliphatic carbocycles. The molecule has 4 heteroatoms. The van der Waals surface area contributed by atoms with Crippen molar-refractivity contribution < 1.29 is 14.3 Å². The predicted octanol–water partition coefficient (Wildman–Crippen LogP) is 2.35. The van der Waals surface area contributed by atoms with E-state index in [0.29, 0.717) is 6.42 Å². The highest BCUT2D eigenvalue weighted by Crippen LogP contribution is 2.28. The summed E-state index contributed by atoms with van der Waals surface area (Å²) in [6.07, 6.45) is 4.08. The molecule has 0 radical (unpaired) electrons. The van der Waals surface area contributed by atoms with Crippen molar-refractivity contribution in [3.63, 3.8) is 0 Å². The Labute approximate surface area is 113 Å². The number of methoxy groups -OCH3 is 1. The molecule has 0 bridgehead atoms. The van der Waals surface area contributed by atoms with Crippen molar-refractivity contribution in [3.8, 4) is 5.75 Å². The molecule has 1 aromatic rings. The molecule has 1 aliphatic rings. The zero-order valence-electron chi connectivity index (χ0n) is 11.4. The van der Waals surface area contributed by atoms with Crippen molar-refractivity contribution in [2.24, 2.45) is 5.73 Å². The average molecular weight is 263 g/mol. The summed E-state index contributed by atoms with van der Waals surface area (Å²) in [4.78, 5) is 11.0. The second-order valence-corrected chi connectivity index (χ2v) is 4.89. The number of carbonyl (C=O) groups excluding carboxylic acids is 1. The summed E-state index contributed by atoms with van der Waals surface area (Å²) in [5, 5.41) is 0. The standard InChI is InChI=1S/C15H21NO3/c1-18-15(17)6-2-5-13(16)11-7-8-14-12(10-11)4-3-9-19-14/h7-8,10,13H,2-6,9,16H2,1H3. The van der Waals surface area contributed by atoms with Crippen molar-refractivity contribution in [1.82, 2.24) is 0 Å². The van der Waals surface area contributed by atoms with Gasteiger partial charge in [0.05, 0.1) is 13.7 Å². The van der Waals surface area contributed by atoms with Crippen LogP contribution in [0.1, 0.15) is 42.9 Å². The Hall–Kier alpha value is -1.55. The lowest BCUT2D eigenvalue weighted by atomic mass is 9.97. The van der Waals surface area contributed by atoms with E-state index in [1.807, 2.05) is 12.1 Å². The SMILES string of the molecule is COC(=O)CCCC(N)c1ccc2c(c1)CCCO2. The van der Waals surface area contributed by atoms with Crippen LogP contribution in [0.5, 0.6) is 5.75 Å². The van der Waals surface area contributed by atoms with Crippen LogP contribution in [-0.2, 0) is 16.0 Å². The van der Waals surface area contributed by atoms with Crippen LogP contribution in [0, 0.1) is 0 Å². The van der Waals surface area contributed by atoms with Crippen molar-refractivity contribution in [2.75, 3.05) is 13.7 Å². The van der Waals surface area contributed by atoms with Gasteiger partial charge in [-0.25, -0.2) is 0 Å². The second-order valence-electron chi connectivity index (χ2n) is 4.89. The maximum absolute atomic E-state index is 11.0. The van der Waals surface area contributed by atoms with Gasteiger partial charge in [0, 0.05) is 12.5 Å². The molecule has 0 saturated carbocycles. The van der Waals surface area contributed by atoms with E-state index in [1.54, 1.807) is 0 Å². The van der Waals surface area contributed by atoms with Crippen LogP contribution in [0.15, 0.2) is 18.2 Å². The number of carbonyl (C=O) groups is 1. The number of fused-ring (bicyclic) bond motifs is 1. The second kappa shape index (κ2) is 6.57. The Morgan fingerprint density at radius 1 is 1.53 bits per heavy atom. The molecule has 0 saturated heterocycles. The van der Waals surface area contributed by atoms with Crippen LogP contribution in [-0.4, -0.2) is 19.7 Å². The molecule has 104 valence electrons. The third kappa shape index (κ3) is 3.70. The molecule has 2 rings (SSSR count). The summed E-state index contributed by atoms with van der Waals surface area (Å²) < 4.78 is 10.2. The van der Waals surface area contributed by atoms with Gasteiger partial charge in [-0.2, -0.15) is 0 Å². The molecule has 19 heavy (non-hydrogen) atoms. The van der Waals surface area contributed by atoms with Crippen molar-refractivity contribution in [2.45, 2.75) is 38.1 Å². The largest absolute Gasteiger partial charge is 0.493 e. The van der Waals surface area contributed by atoms with E-state index in [0.717, 1.165) is 43.6 Å². The summed E-state index contributed by atoms with van der Waals surface area (Å²) in [5.74, 6) is 0.808. The Morgan fingerprint density at radius 2 is 2.37 bits per heavy atom. The summed E-state index contributed by atoms with van der Waals surface area (Å²) in [5.41, 5.74) is 8.53. The Balaban J connectivity index is 1.91. The minimum Gasteiger partial charge on any atom is -0.493 e. The van der Waals surface area contributed by atoms with Gasteiger partial charge in [0.2, 0.25) is 0 Å². The lowest BCUT2D eigenvalue weighted by molar-refractivity contribution is -0.140. The van der Waals surface area contributed by atoms with Gasteiger partial charge >= 0.3 is 5.97 Å². The van der Waals surface area contributed by atoms with Crippen LogP contribution in [0.2, 0.25) is 0 Å². The number of benzene rings is 1. The summed E-state index contributed by atoms with van der Waals surface area (Å²) in [6.45, 7) is 0.803. The Kier molecular flexibility index (Phi) is 4.80. The number of hydrogen-bond acceptors (Lipinski definition) is 4. The predicted molar refractivity (Wildman–Crippen MR) is 73.1 cm³/mol. The molecule has 1 atom stereocenters. The topological polar surface area (TPSA) is 61.5 Å². The smallest absolute Gasteiger partial charge is 0.305 e. The number of hydrogen-bond donors (Lipinski definition) is 1. The van der Waals surface area contributed by atoms with E-state index < -0.39 is 0 Å². The third-order valence-corrected chi connectivity index (χ3v) is 3.48. The molecule has 2 N–H and O–H groups in total. The highest BCUT2D eigenvalue weighted by molar-refractivity contribution is 5.69. The molecule has 0 fully saturated rings. The maximum Gasteiger partial charge on any atom is 0.305 e. The van der Waals surface area contributed by atoms with E-state index in [-0.39, 0.29) is 12.0 Å². The number of esters is 1. The molecule has 0 amide bonds. The van der Waals surface area contributed by atoms with E-state index in [2.05, 4.69) is 10.8 Å². The van der Waals surface area contributed by atoms with E-state index >= 15 is 0 Å². The zero-order chi connectivity index (χ0) is 13.7. The van der Waals surface area contributed by atoms with Gasteiger partial charge < -0.3 is 15.2 Å². The first-order valence-corrected chi connectivity index (χ1v) is 6.78. The zero-order valence-corrected chi connectivity index (χ0v) is 11.4. The summed E-state index contributed by atoms with van der Waals surface area (Å²) in [7, 11) is 1.41. The first kappa shape index (κ1) is 13.9. The number of rotatable bonds is 5. The van der Waals surface area contributed by atoms with Gasteiger partial charge in [0.15, 0.2) is 0 Å². The first-order chi connectivity index (χ1) is 9.20. The van der Waals surface area contributed by atoms with E-state index in [4.69, 9.17) is 10.5 Å². The minimum atomic E-state index is -0.175. The molecule has 1 heterocycles. The van der Waals surface area contributed by atoms with Gasteiger partial charge in [0.25, 0.3) is 0 Å². The fraction of sp³-hybridized carbons (Fsp3) is 0.533. The van der Waals surface area contributed by atoms with Crippen molar-refractivity contribution >= 4 is 5.97 Å². The molecule has 0 aromatic heterocycles. The monoisotopic (exact) mass is 263 g/mol. The molecule has 4 nitrogen and oxygen atoms in total. The van der Waals surface area contributed by atoms with Gasteiger partial charge in [-0.15, -0.1) is 0 Å². The molecular weight excluding hydrogens is 242 g/mol. The minimum absolute atomic E-state index is 0.0307. The quantitative estimate of drug-likeness (QED) is 0.828. The lowest BCUT2D eigenvalue weighted by Crippen LogP contribution is -2.13. The molecule has 1 unspecified atom stereocenters.